The largest absolute Gasteiger partial charge is 0.492 e. The molecule has 3 heterocycles. The highest BCUT2D eigenvalue weighted by Gasteiger charge is 2.63. The predicted octanol–water partition coefficient (Wildman–Crippen LogP) is 2.66. The molecule has 26 heavy (non-hydrogen) atoms. The van der Waals surface area contributed by atoms with E-state index in [4.69, 9.17) is 9.47 Å². The molecule has 3 aliphatic heterocycles. The Morgan fingerprint density at radius 1 is 1.42 bits per heavy atom. The Morgan fingerprint density at radius 3 is 3.00 bits per heavy atom. The molecular weight excluding hydrogens is 330 g/mol. The number of rotatable bonds is 5. The van der Waals surface area contributed by atoms with Gasteiger partial charge in [0, 0.05) is 24.9 Å². The third kappa shape index (κ3) is 2.95. The van der Waals surface area contributed by atoms with E-state index in [0.29, 0.717) is 36.8 Å². The number of urea groups is 1. The fourth-order valence-electron chi connectivity index (χ4n) is 5.06. The summed E-state index contributed by atoms with van der Waals surface area (Å²) >= 11 is 0. The van der Waals surface area contributed by atoms with E-state index < -0.39 is 0 Å². The van der Waals surface area contributed by atoms with Crippen molar-refractivity contribution in [1.82, 2.24) is 9.80 Å². The second kappa shape index (κ2) is 6.74. The number of carbonyl (C=O) groups excluding carboxylic acids is 1. The maximum atomic E-state index is 12.9. The van der Waals surface area contributed by atoms with E-state index in [0.717, 1.165) is 31.6 Å². The summed E-state index contributed by atoms with van der Waals surface area (Å²) in [7, 11) is 4.23. The molecule has 2 bridgehead atoms. The molecule has 1 aromatic carbocycles. The molecule has 0 saturated carbocycles. The molecule has 3 aliphatic rings. The van der Waals surface area contributed by atoms with Crippen LogP contribution in [0.1, 0.15) is 19.8 Å². The molecule has 6 heteroatoms. The Balaban J connectivity index is 1.46. The number of benzene rings is 1. The van der Waals surface area contributed by atoms with Gasteiger partial charge in [-0.15, -0.1) is 0 Å². The zero-order valence-corrected chi connectivity index (χ0v) is 15.9. The van der Waals surface area contributed by atoms with Gasteiger partial charge in [-0.3, -0.25) is 0 Å². The highest BCUT2D eigenvalue weighted by atomic mass is 16.5. The van der Waals surface area contributed by atoms with Crippen LogP contribution >= 0.6 is 0 Å². The van der Waals surface area contributed by atoms with E-state index in [9.17, 15) is 4.79 Å². The number of ether oxygens (including phenoxy) is 2. The highest BCUT2D eigenvalue weighted by Crippen LogP contribution is 2.55. The van der Waals surface area contributed by atoms with E-state index in [1.807, 2.05) is 36.1 Å². The predicted molar refractivity (Wildman–Crippen MR) is 101 cm³/mol. The Bertz CT molecular complexity index is 680. The lowest BCUT2D eigenvalue weighted by molar-refractivity contribution is 0.00534. The molecule has 3 saturated heterocycles. The van der Waals surface area contributed by atoms with Crippen LogP contribution in [0, 0.1) is 11.8 Å². The topological polar surface area (TPSA) is 54.0 Å². The molecule has 0 radical (unpaired) electrons. The average Bonchev–Trinajstić information content (AvgIpc) is 3.26. The number of likely N-dealkylation sites (tertiary alicyclic amines) is 1. The van der Waals surface area contributed by atoms with Gasteiger partial charge in [0.05, 0.1) is 30.5 Å². The van der Waals surface area contributed by atoms with Crippen molar-refractivity contribution >= 4 is 11.7 Å². The van der Waals surface area contributed by atoms with Crippen molar-refractivity contribution in [1.29, 1.82) is 0 Å². The minimum atomic E-state index is -0.123. The van der Waals surface area contributed by atoms with Crippen molar-refractivity contribution in [3.8, 4) is 5.75 Å². The van der Waals surface area contributed by atoms with E-state index in [1.54, 1.807) is 0 Å². The minimum absolute atomic E-state index is 0.0587. The van der Waals surface area contributed by atoms with Crippen LogP contribution in [0.2, 0.25) is 0 Å². The lowest BCUT2D eigenvalue weighted by atomic mass is 9.73. The number of hydrogen-bond acceptors (Lipinski definition) is 4. The molecule has 3 fully saturated rings. The molecule has 2 amide bonds. The van der Waals surface area contributed by atoms with Gasteiger partial charge in [0.25, 0.3) is 0 Å². The molecule has 4 atom stereocenters. The van der Waals surface area contributed by atoms with Crippen LogP contribution in [0.4, 0.5) is 10.5 Å². The van der Waals surface area contributed by atoms with Crippen molar-refractivity contribution in [2.24, 2.45) is 11.8 Å². The van der Waals surface area contributed by atoms with Crippen LogP contribution in [-0.4, -0.2) is 67.9 Å². The fourth-order valence-corrected chi connectivity index (χ4v) is 5.06. The monoisotopic (exact) mass is 359 g/mol. The van der Waals surface area contributed by atoms with Crippen LogP contribution in [0.15, 0.2) is 24.3 Å². The maximum absolute atomic E-state index is 12.9. The van der Waals surface area contributed by atoms with E-state index in [2.05, 4.69) is 24.3 Å². The second-order valence-corrected chi connectivity index (χ2v) is 8.03. The van der Waals surface area contributed by atoms with E-state index in [1.165, 1.54) is 0 Å². The smallest absolute Gasteiger partial charge is 0.322 e. The van der Waals surface area contributed by atoms with Crippen LogP contribution < -0.4 is 10.1 Å². The number of hydrogen-bond donors (Lipinski definition) is 1. The maximum Gasteiger partial charge on any atom is 0.322 e. The average molecular weight is 359 g/mol. The molecule has 1 aromatic rings. The SMILES string of the molecule is CCOc1ccccc1NC(=O)N1C[C@@H]2[C@H](CN(C)C)[C@H]3CC[C@]2(C1)O3. The molecule has 1 spiro atoms. The fraction of sp³-hybridized carbons (Fsp3) is 0.650. The van der Waals surface area contributed by atoms with Gasteiger partial charge in [0.2, 0.25) is 0 Å². The molecular formula is C20H29N3O3. The van der Waals surface area contributed by atoms with Crippen molar-refractivity contribution in [3.63, 3.8) is 0 Å². The molecule has 0 aromatic heterocycles. The molecule has 6 nitrogen and oxygen atoms in total. The summed E-state index contributed by atoms with van der Waals surface area (Å²) in [5.74, 6) is 1.67. The number of anilines is 1. The summed E-state index contributed by atoms with van der Waals surface area (Å²) in [4.78, 5) is 17.1. The zero-order valence-electron chi connectivity index (χ0n) is 15.9. The lowest BCUT2D eigenvalue weighted by Crippen LogP contribution is -2.40. The summed E-state index contributed by atoms with van der Waals surface area (Å²) in [5.41, 5.74) is 0.603. The standard InChI is InChI=1S/C20H29N3O3/c1-4-25-18-8-6-5-7-16(18)21-19(24)23-12-15-14(11-22(2)3)17-9-10-20(15,13-23)26-17/h5-8,14-15,17H,4,9-13H2,1-3H3,(H,21,24)/t14-,15+,17+,20+/m0/s1. The van der Waals surface area contributed by atoms with Gasteiger partial charge in [0.15, 0.2) is 0 Å². The van der Waals surface area contributed by atoms with Gasteiger partial charge in [-0.05, 0) is 46.0 Å². The van der Waals surface area contributed by atoms with Crippen molar-refractivity contribution in [3.05, 3.63) is 24.3 Å². The Kier molecular flexibility index (Phi) is 4.57. The normalized spacial score (nSPS) is 32.2. The summed E-state index contributed by atoms with van der Waals surface area (Å²) in [5, 5.41) is 3.03. The Hall–Kier alpha value is -1.79. The van der Waals surface area contributed by atoms with E-state index >= 15 is 0 Å². The van der Waals surface area contributed by atoms with Crippen LogP contribution in [0.25, 0.3) is 0 Å². The number of nitrogens with zero attached hydrogens (tertiary/aromatic N) is 2. The quantitative estimate of drug-likeness (QED) is 0.878. The summed E-state index contributed by atoms with van der Waals surface area (Å²) in [6.45, 7) is 5.01. The van der Waals surface area contributed by atoms with Crippen molar-refractivity contribution in [2.45, 2.75) is 31.5 Å². The first-order valence-corrected chi connectivity index (χ1v) is 9.63. The molecule has 0 unspecified atom stereocenters. The Labute approximate surface area is 155 Å². The highest BCUT2D eigenvalue weighted by molar-refractivity contribution is 5.91. The van der Waals surface area contributed by atoms with Gasteiger partial charge in [-0.1, -0.05) is 12.1 Å². The minimum Gasteiger partial charge on any atom is -0.492 e. The van der Waals surface area contributed by atoms with Gasteiger partial charge in [-0.25, -0.2) is 4.79 Å². The van der Waals surface area contributed by atoms with Gasteiger partial charge in [-0.2, -0.15) is 0 Å². The van der Waals surface area contributed by atoms with Crippen molar-refractivity contribution < 1.29 is 14.3 Å². The summed E-state index contributed by atoms with van der Waals surface area (Å²) in [6, 6.07) is 7.53. The zero-order chi connectivity index (χ0) is 18.3. The number of amides is 2. The summed E-state index contributed by atoms with van der Waals surface area (Å²) in [6.07, 6.45) is 2.56. The van der Waals surface area contributed by atoms with Gasteiger partial charge >= 0.3 is 6.03 Å². The first-order valence-electron chi connectivity index (χ1n) is 9.63. The molecule has 1 N–H and O–H groups in total. The van der Waals surface area contributed by atoms with Crippen LogP contribution in [0.5, 0.6) is 5.75 Å². The summed E-state index contributed by atoms with van der Waals surface area (Å²) < 4.78 is 12.0. The third-order valence-electron chi connectivity index (χ3n) is 6.08. The number of carbonyl (C=O) groups is 1. The third-order valence-corrected chi connectivity index (χ3v) is 6.08. The Morgan fingerprint density at radius 2 is 2.23 bits per heavy atom. The van der Waals surface area contributed by atoms with Crippen LogP contribution in [0.3, 0.4) is 0 Å². The second-order valence-electron chi connectivity index (χ2n) is 8.03. The van der Waals surface area contributed by atoms with Gasteiger partial charge < -0.3 is 24.6 Å². The van der Waals surface area contributed by atoms with Crippen molar-refractivity contribution in [2.75, 3.05) is 45.7 Å². The number of fused-ring (bicyclic) bond motifs is 1. The van der Waals surface area contributed by atoms with E-state index in [-0.39, 0.29) is 11.6 Å². The first kappa shape index (κ1) is 17.6. The first-order chi connectivity index (χ1) is 12.5. The number of nitrogens with one attached hydrogen (secondary N) is 1. The van der Waals surface area contributed by atoms with Gasteiger partial charge in [0.1, 0.15) is 5.75 Å². The lowest BCUT2D eigenvalue weighted by Gasteiger charge is -2.30. The molecule has 142 valence electrons. The molecule has 4 rings (SSSR count). The van der Waals surface area contributed by atoms with Crippen LogP contribution in [-0.2, 0) is 4.74 Å². The number of para-hydroxylation sites is 2. The molecule has 0 aliphatic carbocycles.